The lowest BCUT2D eigenvalue weighted by Crippen LogP contribution is -2.45. The quantitative estimate of drug-likeness (QED) is 0.258. The number of guanidine groups is 1. The molecule has 0 fully saturated rings. The number of alkyl halides is 3. The Hall–Kier alpha value is -2.03. The summed E-state index contributed by atoms with van der Waals surface area (Å²) in [6, 6.07) is 0. The number of hydrogen-bond donors (Lipinski definition) is 2. The Morgan fingerprint density at radius 1 is 1.39 bits per heavy atom. The molecule has 0 aliphatic rings. The largest absolute Gasteiger partial charge is 0.424 e. The molecule has 1 rings (SSSR count). The summed E-state index contributed by atoms with van der Waals surface area (Å²) in [6.45, 7) is 6.74. The summed E-state index contributed by atoms with van der Waals surface area (Å²) in [5.41, 5.74) is -3.05. The number of allylic oxidation sites excluding steroid dienone is 1. The van der Waals surface area contributed by atoms with Gasteiger partial charge in [0.1, 0.15) is 5.82 Å². The molecule has 2 N–H and O–H groups in total. The minimum Gasteiger partial charge on any atom is -0.374 e. The third kappa shape index (κ3) is 6.54. The highest BCUT2D eigenvalue weighted by Gasteiger charge is 2.57. The number of nitrogens with one attached hydrogen (secondary N) is 1. The van der Waals surface area contributed by atoms with Crippen molar-refractivity contribution in [1.82, 2.24) is 19.8 Å². The van der Waals surface area contributed by atoms with Crippen molar-refractivity contribution < 1.29 is 18.3 Å². The average molecular weight is 403 g/mol. The topological polar surface area (TPSA) is 65.7 Å². The van der Waals surface area contributed by atoms with Crippen molar-refractivity contribution in [2.24, 2.45) is 12.0 Å². The van der Waals surface area contributed by atoms with E-state index in [2.05, 4.69) is 21.9 Å². The zero-order chi connectivity index (χ0) is 21.2. The SMILES string of the molecule is C=CCCCCCN(C)C(=NCCC(O)(c1nccn1C)C(F)(F)F)NCC. The molecule has 9 heteroatoms. The second kappa shape index (κ2) is 11.1. The highest BCUT2D eigenvalue weighted by molar-refractivity contribution is 5.79. The standard InChI is InChI=1S/C19H32F3N5O/c1-5-7-8-9-10-14-27(4)17(23-6-2)25-12-11-18(28,19(20,21)22)16-24-13-15-26(16)3/h5,13,15,28H,1,6-12,14H2,2-4H3,(H,23,25). The lowest BCUT2D eigenvalue weighted by Gasteiger charge is -2.29. The van der Waals surface area contributed by atoms with Crippen LogP contribution < -0.4 is 5.32 Å². The molecule has 1 aromatic heterocycles. The zero-order valence-electron chi connectivity index (χ0n) is 17.0. The number of aliphatic hydroxyl groups is 1. The van der Waals surface area contributed by atoms with E-state index in [4.69, 9.17) is 0 Å². The molecule has 0 bridgehead atoms. The van der Waals surface area contributed by atoms with Gasteiger partial charge in [-0.25, -0.2) is 4.98 Å². The van der Waals surface area contributed by atoms with Crippen LogP contribution in [0.2, 0.25) is 0 Å². The molecule has 1 aromatic rings. The van der Waals surface area contributed by atoms with Gasteiger partial charge in [-0.15, -0.1) is 6.58 Å². The Kier molecular flexibility index (Phi) is 9.51. The van der Waals surface area contributed by atoms with Crippen molar-refractivity contribution in [2.45, 2.75) is 50.8 Å². The lowest BCUT2D eigenvalue weighted by atomic mass is 9.98. The molecule has 0 amide bonds. The van der Waals surface area contributed by atoms with Gasteiger partial charge in [0.15, 0.2) is 5.96 Å². The second-order valence-corrected chi connectivity index (χ2v) is 6.77. The van der Waals surface area contributed by atoms with Crippen molar-refractivity contribution in [3.8, 4) is 0 Å². The van der Waals surface area contributed by atoms with Gasteiger partial charge in [-0.2, -0.15) is 13.2 Å². The summed E-state index contributed by atoms with van der Waals surface area (Å²) in [5.74, 6) is 0.0892. The van der Waals surface area contributed by atoms with Crippen LogP contribution in [0.3, 0.4) is 0 Å². The van der Waals surface area contributed by atoms with Crippen molar-refractivity contribution in [3.05, 3.63) is 30.9 Å². The first kappa shape index (κ1) is 24.0. The van der Waals surface area contributed by atoms with Crippen LogP contribution in [0.1, 0.15) is 44.9 Å². The molecule has 0 aliphatic heterocycles. The van der Waals surface area contributed by atoms with E-state index in [1.54, 1.807) is 0 Å². The summed E-state index contributed by atoms with van der Waals surface area (Å²) in [7, 11) is 3.27. The van der Waals surface area contributed by atoms with E-state index in [1.807, 2.05) is 24.9 Å². The summed E-state index contributed by atoms with van der Waals surface area (Å²) in [6.07, 6.45) is 3.07. The van der Waals surface area contributed by atoms with Gasteiger partial charge in [-0.05, 0) is 26.2 Å². The van der Waals surface area contributed by atoms with Gasteiger partial charge >= 0.3 is 6.18 Å². The van der Waals surface area contributed by atoms with Gasteiger partial charge in [0.25, 0.3) is 0 Å². The van der Waals surface area contributed by atoms with E-state index in [-0.39, 0.29) is 6.54 Å². The minimum absolute atomic E-state index is 0.188. The van der Waals surface area contributed by atoms with Crippen molar-refractivity contribution in [1.29, 1.82) is 0 Å². The first-order chi connectivity index (χ1) is 13.2. The molecule has 6 nitrogen and oxygen atoms in total. The number of nitrogens with zero attached hydrogens (tertiary/aromatic N) is 4. The van der Waals surface area contributed by atoms with Crippen molar-refractivity contribution >= 4 is 5.96 Å². The number of rotatable bonds is 11. The average Bonchev–Trinajstić information content (AvgIpc) is 3.06. The van der Waals surface area contributed by atoms with Crippen LogP contribution in [0, 0.1) is 0 Å². The van der Waals surface area contributed by atoms with Crippen molar-refractivity contribution in [3.63, 3.8) is 0 Å². The van der Waals surface area contributed by atoms with Gasteiger partial charge in [-0.1, -0.05) is 12.5 Å². The van der Waals surface area contributed by atoms with Crippen LogP contribution in [-0.4, -0.2) is 58.4 Å². The molecule has 0 aliphatic carbocycles. The van der Waals surface area contributed by atoms with Gasteiger partial charge in [0, 0.05) is 52.5 Å². The maximum absolute atomic E-state index is 13.6. The number of imidazole rings is 1. The molecule has 160 valence electrons. The van der Waals surface area contributed by atoms with E-state index in [0.717, 1.165) is 32.2 Å². The predicted molar refractivity (Wildman–Crippen MR) is 105 cm³/mol. The van der Waals surface area contributed by atoms with E-state index < -0.39 is 24.0 Å². The number of aromatic nitrogens is 2. The van der Waals surface area contributed by atoms with Gasteiger partial charge in [0.05, 0.1) is 0 Å². The molecule has 1 unspecified atom stereocenters. The number of aliphatic imine (C=N–C) groups is 1. The van der Waals surface area contributed by atoms with Crippen LogP contribution in [-0.2, 0) is 12.6 Å². The van der Waals surface area contributed by atoms with Gasteiger partial charge in [-0.3, -0.25) is 4.99 Å². The number of halogens is 3. The Balaban J connectivity index is 2.79. The first-order valence-corrected chi connectivity index (χ1v) is 9.54. The van der Waals surface area contributed by atoms with E-state index in [9.17, 15) is 18.3 Å². The fourth-order valence-electron chi connectivity index (χ4n) is 2.86. The monoisotopic (exact) mass is 403 g/mol. The molecule has 1 atom stereocenters. The zero-order valence-corrected chi connectivity index (χ0v) is 17.0. The van der Waals surface area contributed by atoms with E-state index >= 15 is 0 Å². The van der Waals surface area contributed by atoms with Gasteiger partial charge < -0.3 is 19.9 Å². The first-order valence-electron chi connectivity index (χ1n) is 9.54. The fourth-order valence-corrected chi connectivity index (χ4v) is 2.86. The maximum Gasteiger partial charge on any atom is 0.424 e. The van der Waals surface area contributed by atoms with Crippen LogP contribution in [0.4, 0.5) is 13.2 Å². The lowest BCUT2D eigenvalue weighted by molar-refractivity contribution is -0.272. The molecule has 0 aromatic carbocycles. The third-order valence-corrected chi connectivity index (χ3v) is 4.49. The maximum atomic E-state index is 13.6. The van der Waals surface area contributed by atoms with Crippen molar-refractivity contribution in [2.75, 3.05) is 26.7 Å². The van der Waals surface area contributed by atoms with Crippen LogP contribution >= 0.6 is 0 Å². The van der Waals surface area contributed by atoms with E-state index in [1.165, 1.54) is 24.0 Å². The van der Waals surface area contributed by atoms with E-state index in [0.29, 0.717) is 12.5 Å². The summed E-state index contributed by atoms with van der Waals surface area (Å²) < 4.78 is 41.9. The summed E-state index contributed by atoms with van der Waals surface area (Å²) >= 11 is 0. The molecular formula is C19H32F3N5O. The summed E-state index contributed by atoms with van der Waals surface area (Å²) in [4.78, 5) is 9.88. The third-order valence-electron chi connectivity index (χ3n) is 4.49. The molecule has 0 saturated heterocycles. The predicted octanol–water partition coefficient (Wildman–Crippen LogP) is 3.20. The molecule has 0 saturated carbocycles. The molecule has 0 radical (unpaired) electrons. The second-order valence-electron chi connectivity index (χ2n) is 6.77. The molecular weight excluding hydrogens is 371 g/mol. The van der Waals surface area contributed by atoms with Crippen LogP contribution in [0.5, 0.6) is 0 Å². The highest BCUT2D eigenvalue weighted by atomic mass is 19.4. The Morgan fingerprint density at radius 2 is 2.11 bits per heavy atom. The highest BCUT2D eigenvalue weighted by Crippen LogP contribution is 2.40. The van der Waals surface area contributed by atoms with Gasteiger partial charge in [0.2, 0.25) is 5.60 Å². The van der Waals surface area contributed by atoms with Crippen LogP contribution in [0.25, 0.3) is 0 Å². The normalized spacial score (nSPS) is 14.6. The Labute approximate surface area is 165 Å². The Morgan fingerprint density at radius 3 is 2.64 bits per heavy atom. The summed E-state index contributed by atoms with van der Waals surface area (Å²) in [5, 5.41) is 13.5. The Bertz CT molecular complexity index is 629. The minimum atomic E-state index is -4.85. The number of hydrogen-bond acceptors (Lipinski definition) is 3. The van der Waals surface area contributed by atoms with Crippen LogP contribution in [0.15, 0.2) is 30.0 Å². The molecule has 1 heterocycles. The molecule has 28 heavy (non-hydrogen) atoms. The smallest absolute Gasteiger partial charge is 0.374 e. The number of unbranched alkanes of at least 4 members (excludes halogenated alkanes) is 3. The number of aryl methyl sites for hydroxylation is 1. The molecule has 0 spiro atoms. The fraction of sp³-hybridized carbons (Fsp3) is 0.684.